The summed E-state index contributed by atoms with van der Waals surface area (Å²) in [6, 6.07) is 4.46. The molecule has 0 spiro atoms. The van der Waals surface area contributed by atoms with Crippen molar-refractivity contribution in [3.8, 4) is 0 Å². The molecule has 1 N–H and O–H groups in total. The Labute approximate surface area is 140 Å². The Bertz CT molecular complexity index is 723. The zero-order valence-electron chi connectivity index (χ0n) is 13.5. The van der Waals surface area contributed by atoms with Crippen molar-refractivity contribution in [3.05, 3.63) is 59.4 Å². The second-order valence-corrected chi connectivity index (χ2v) is 6.27. The predicted octanol–water partition coefficient (Wildman–Crippen LogP) is 1.53. The molecule has 24 heavy (non-hydrogen) atoms. The molecule has 1 fully saturated rings. The maximum atomic E-state index is 13.4. The van der Waals surface area contributed by atoms with Gasteiger partial charge in [0.1, 0.15) is 5.82 Å². The lowest BCUT2D eigenvalue weighted by Gasteiger charge is -2.17. The van der Waals surface area contributed by atoms with Gasteiger partial charge in [0.15, 0.2) is 0 Å². The van der Waals surface area contributed by atoms with Gasteiger partial charge in [0, 0.05) is 37.6 Å². The molecule has 1 aliphatic heterocycles. The summed E-state index contributed by atoms with van der Waals surface area (Å²) in [6.45, 7) is 2.64. The van der Waals surface area contributed by atoms with E-state index in [0.29, 0.717) is 25.1 Å². The topological polar surface area (TPSA) is 66.3 Å². The Kier molecular flexibility index (Phi) is 4.85. The van der Waals surface area contributed by atoms with Gasteiger partial charge in [-0.2, -0.15) is 0 Å². The van der Waals surface area contributed by atoms with Gasteiger partial charge < -0.3 is 10.0 Å². The molecule has 3 rings (SSSR count). The minimum Gasteiger partial charge on any atom is -0.391 e. The van der Waals surface area contributed by atoms with Crippen LogP contribution < -0.4 is 0 Å². The van der Waals surface area contributed by atoms with Gasteiger partial charge in [0.25, 0.3) is 0 Å². The van der Waals surface area contributed by atoms with E-state index in [0.717, 1.165) is 11.3 Å². The number of carbonyl (C=O) groups excluding carboxylic acids is 1. The van der Waals surface area contributed by atoms with Crippen molar-refractivity contribution in [1.82, 2.24) is 14.9 Å². The van der Waals surface area contributed by atoms with Crippen LogP contribution in [0.3, 0.4) is 0 Å². The van der Waals surface area contributed by atoms with Crippen LogP contribution in [0.5, 0.6) is 0 Å². The number of hydrogen-bond acceptors (Lipinski definition) is 4. The molecule has 0 saturated carbocycles. The fourth-order valence-electron chi connectivity index (χ4n) is 3.07. The molecule has 2 aromatic rings. The lowest BCUT2D eigenvalue weighted by Crippen LogP contribution is -2.31. The minimum atomic E-state index is -0.579. The highest BCUT2D eigenvalue weighted by Crippen LogP contribution is 2.22. The molecule has 5 nitrogen and oxygen atoms in total. The molecule has 0 radical (unpaired) electrons. The number of carbonyl (C=O) groups is 1. The summed E-state index contributed by atoms with van der Waals surface area (Å²) in [7, 11) is 0. The summed E-state index contributed by atoms with van der Waals surface area (Å²) in [5.41, 5.74) is 2.38. The summed E-state index contributed by atoms with van der Waals surface area (Å²) in [4.78, 5) is 22.4. The van der Waals surface area contributed by atoms with E-state index in [1.165, 1.54) is 12.1 Å². The molecule has 1 aliphatic rings. The number of halogens is 1. The van der Waals surface area contributed by atoms with Crippen LogP contribution >= 0.6 is 0 Å². The molecule has 0 bridgehead atoms. The molecule has 0 aliphatic carbocycles. The molecule has 2 unspecified atom stereocenters. The molecule has 1 amide bonds. The first kappa shape index (κ1) is 16.5. The Morgan fingerprint density at radius 3 is 2.96 bits per heavy atom. The maximum absolute atomic E-state index is 13.4. The van der Waals surface area contributed by atoms with Crippen LogP contribution in [-0.2, 0) is 17.6 Å². The molecule has 1 aromatic carbocycles. The summed E-state index contributed by atoms with van der Waals surface area (Å²) in [6.07, 6.45) is 5.04. The van der Waals surface area contributed by atoms with Crippen LogP contribution in [0.15, 0.2) is 36.8 Å². The first-order valence-corrected chi connectivity index (χ1v) is 7.98. The third-order valence-corrected chi connectivity index (χ3v) is 4.50. The molecule has 2 atom stereocenters. The van der Waals surface area contributed by atoms with Gasteiger partial charge in [0.2, 0.25) is 5.91 Å². The predicted molar refractivity (Wildman–Crippen MR) is 86.7 cm³/mol. The number of aliphatic hydroxyl groups excluding tert-OH is 1. The van der Waals surface area contributed by atoms with Crippen LogP contribution in [0.2, 0.25) is 0 Å². The van der Waals surface area contributed by atoms with E-state index in [2.05, 4.69) is 9.97 Å². The Morgan fingerprint density at radius 2 is 2.21 bits per heavy atom. The minimum absolute atomic E-state index is 0.0562. The van der Waals surface area contributed by atoms with Crippen LogP contribution in [0, 0.1) is 18.7 Å². The standard InChI is InChI=1S/C18H20FN3O2/c1-12-2-3-15(19)6-13(12)8-18(24)22-10-14(17(23)11-22)7-16-9-20-4-5-21-16/h2-6,9,14,17,23H,7-8,10-11H2,1H3. The fraction of sp³-hybridized carbons (Fsp3) is 0.389. The number of aromatic nitrogens is 2. The zero-order valence-corrected chi connectivity index (χ0v) is 13.5. The average molecular weight is 329 g/mol. The molecule has 2 heterocycles. The molecule has 126 valence electrons. The van der Waals surface area contributed by atoms with Crippen molar-refractivity contribution >= 4 is 5.91 Å². The second kappa shape index (κ2) is 7.05. The van der Waals surface area contributed by atoms with Crippen molar-refractivity contribution in [2.45, 2.75) is 25.9 Å². The summed E-state index contributed by atoms with van der Waals surface area (Å²) in [5, 5.41) is 10.2. The number of aliphatic hydroxyl groups is 1. The average Bonchev–Trinajstić information content (AvgIpc) is 2.93. The quantitative estimate of drug-likeness (QED) is 0.924. The van der Waals surface area contributed by atoms with E-state index in [1.807, 2.05) is 6.92 Å². The number of likely N-dealkylation sites (tertiary alicyclic amines) is 1. The van der Waals surface area contributed by atoms with Crippen molar-refractivity contribution in [1.29, 1.82) is 0 Å². The van der Waals surface area contributed by atoms with Crippen LogP contribution in [0.1, 0.15) is 16.8 Å². The third kappa shape index (κ3) is 3.76. The summed E-state index contributed by atoms with van der Waals surface area (Å²) in [5.74, 6) is -0.492. The number of aryl methyl sites for hydroxylation is 1. The molecule has 1 saturated heterocycles. The van der Waals surface area contributed by atoms with Gasteiger partial charge >= 0.3 is 0 Å². The smallest absolute Gasteiger partial charge is 0.227 e. The van der Waals surface area contributed by atoms with Crippen molar-refractivity contribution in [3.63, 3.8) is 0 Å². The van der Waals surface area contributed by atoms with E-state index >= 15 is 0 Å². The highest BCUT2D eigenvalue weighted by atomic mass is 19.1. The number of rotatable bonds is 4. The number of hydrogen-bond donors (Lipinski definition) is 1. The van der Waals surface area contributed by atoms with Crippen molar-refractivity contribution < 1.29 is 14.3 Å². The summed E-state index contributed by atoms with van der Waals surface area (Å²) < 4.78 is 13.4. The zero-order chi connectivity index (χ0) is 17.1. The lowest BCUT2D eigenvalue weighted by molar-refractivity contribution is -0.129. The highest BCUT2D eigenvalue weighted by molar-refractivity contribution is 5.79. The molecule has 1 aromatic heterocycles. The van der Waals surface area contributed by atoms with Gasteiger partial charge in [-0.1, -0.05) is 6.07 Å². The van der Waals surface area contributed by atoms with E-state index in [9.17, 15) is 14.3 Å². The van der Waals surface area contributed by atoms with Gasteiger partial charge in [0.05, 0.1) is 18.2 Å². The van der Waals surface area contributed by atoms with Gasteiger partial charge in [-0.05, 0) is 36.6 Å². The first-order chi connectivity index (χ1) is 11.5. The molecular weight excluding hydrogens is 309 g/mol. The van der Waals surface area contributed by atoms with Crippen LogP contribution in [-0.4, -0.2) is 45.1 Å². The Hall–Kier alpha value is -2.34. The van der Waals surface area contributed by atoms with Gasteiger partial charge in [-0.15, -0.1) is 0 Å². The van der Waals surface area contributed by atoms with E-state index < -0.39 is 6.10 Å². The number of benzene rings is 1. The number of nitrogens with zero attached hydrogens (tertiary/aromatic N) is 3. The maximum Gasteiger partial charge on any atom is 0.227 e. The van der Waals surface area contributed by atoms with E-state index in [1.54, 1.807) is 29.6 Å². The van der Waals surface area contributed by atoms with E-state index in [4.69, 9.17) is 0 Å². The lowest BCUT2D eigenvalue weighted by atomic mass is 10.0. The normalized spacial score (nSPS) is 20.4. The third-order valence-electron chi connectivity index (χ3n) is 4.50. The number of β-amino-alcohol motifs (C(OH)–C–C–N with tert-alkyl or cyclic N) is 1. The fourth-order valence-corrected chi connectivity index (χ4v) is 3.07. The Balaban J connectivity index is 1.63. The van der Waals surface area contributed by atoms with Crippen LogP contribution in [0.4, 0.5) is 4.39 Å². The van der Waals surface area contributed by atoms with Gasteiger partial charge in [-0.3, -0.25) is 14.8 Å². The largest absolute Gasteiger partial charge is 0.391 e. The number of amides is 1. The van der Waals surface area contributed by atoms with Gasteiger partial charge in [-0.25, -0.2) is 4.39 Å². The second-order valence-electron chi connectivity index (χ2n) is 6.27. The molecular formula is C18H20FN3O2. The first-order valence-electron chi connectivity index (χ1n) is 7.98. The SMILES string of the molecule is Cc1ccc(F)cc1CC(=O)N1CC(O)C(Cc2cnccn2)C1. The van der Waals surface area contributed by atoms with E-state index in [-0.39, 0.29) is 24.1 Å². The monoisotopic (exact) mass is 329 g/mol. The highest BCUT2D eigenvalue weighted by Gasteiger charge is 2.34. The summed E-state index contributed by atoms with van der Waals surface area (Å²) >= 11 is 0. The van der Waals surface area contributed by atoms with Crippen molar-refractivity contribution in [2.24, 2.45) is 5.92 Å². The van der Waals surface area contributed by atoms with Crippen molar-refractivity contribution in [2.75, 3.05) is 13.1 Å². The van der Waals surface area contributed by atoms with Crippen LogP contribution in [0.25, 0.3) is 0 Å². The molecule has 6 heteroatoms. The Morgan fingerprint density at radius 1 is 1.38 bits per heavy atom.